The summed E-state index contributed by atoms with van der Waals surface area (Å²) in [6.07, 6.45) is 1.39. The molecule has 0 radical (unpaired) electrons. The molecule has 1 fully saturated rings. The minimum atomic E-state index is -1.48. The summed E-state index contributed by atoms with van der Waals surface area (Å²) in [7, 11) is 0. The molecular weight excluding hydrogens is 433 g/mol. The van der Waals surface area contributed by atoms with E-state index in [4.69, 9.17) is 14.2 Å². The van der Waals surface area contributed by atoms with Crippen LogP contribution in [0.2, 0.25) is 0 Å². The second-order valence-corrected chi connectivity index (χ2v) is 7.44. The van der Waals surface area contributed by atoms with Crippen molar-refractivity contribution in [3.05, 3.63) is 45.5 Å². The molecular formula is C23H26FN3O6. The smallest absolute Gasteiger partial charge is 0.343 e. The topological polar surface area (TPSA) is 111 Å². The Labute approximate surface area is 190 Å². The second-order valence-electron chi connectivity index (χ2n) is 7.44. The Kier molecular flexibility index (Phi) is 8.14. The van der Waals surface area contributed by atoms with E-state index in [1.165, 1.54) is 12.3 Å². The molecule has 1 saturated heterocycles. The van der Waals surface area contributed by atoms with Gasteiger partial charge in [-0.25, -0.2) is 9.18 Å². The number of carbonyl (C=O) groups excluding carboxylic acids is 2. The van der Waals surface area contributed by atoms with Crippen molar-refractivity contribution >= 4 is 22.8 Å². The van der Waals surface area contributed by atoms with Gasteiger partial charge in [-0.05, 0) is 26.0 Å². The number of ether oxygens (including phenoxy) is 3. The fourth-order valence-corrected chi connectivity index (χ4v) is 3.74. The zero-order chi connectivity index (χ0) is 24.0. The van der Waals surface area contributed by atoms with Crippen molar-refractivity contribution in [1.82, 2.24) is 9.47 Å². The maximum atomic E-state index is 15.0. The lowest BCUT2D eigenvalue weighted by Gasteiger charge is -2.27. The van der Waals surface area contributed by atoms with Gasteiger partial charge in [0.2, 0.25) is 5.43 Å². The summed E-state index contributed by atoms with van der Waals surface area (Å²) in [6.45, 7) is 7.00. The third-order valence-corrected chi connectivity index (χ3v) is 5.42. The minimum Gasteiger partial charge on any atom is -0.465 e. The average Bonchev–Trinajstić information content (AvgIpc) is 2.81. The van der Waals surface area contributed by atoms with Crippen LogP contribution in [0.4, 0.5) is 4.39 Å². The van der Waals surface area contributed by atoms with E-state index in [2.05, 4.69) is 4.90 Å². The predicted molar refractivity (Wildman–Crippen MR) is 116 cm³/mol. The number of pyridine rings is 1. The lowest BCUT2D eigenvalue weighted by atomic mass is 9.97. The lowest BCUT2D eigenvalue weighted by Crippen LogP contribution is -2.38. The van der Waals surface area contributed by atoms with Crippen LogP contribution in [0.15, 0.2) is 23.1 Å². The first kappa shape index (κ1) is 24.4. The minimum absolute atomic E-state index is 0.0377. The van der Waals surface area contributed by atoms with Crippen molar-refractivity contribution in [3.63, 3.8) is 0 Å². The molecule has 0 saturated carbocycles. The summed E-state index contributed by atoms with van der Waals surface area (Å²) < 4.78 is 31.9. The molecule has 9 nitrogen and oxygen atoms in total. The number of carbonyl (C=O) groups is 2. The lowest BCUT2D eigenvalue weighted by molar-refractivity contribution is -0.143. The number of aromatic nitrogens is 1. The van der Waals surface area contributed by atoms with Gasteiger partial charge in [0.25, 0.3) is 0 Å². The molecule has 0 spiro atoms. The number of rotatable bonds is 8. The second kappa shape index (κ2) is 11.0. The molecule has 33 heavy (non-hydrogen) atoms. The van der Waals surface area contributed by atoms with Crippen molar-refractivity contribution in [1.29, 1.82) is 5.26 Å². The van der Waals surface area contributed by atoms with Crippen molar-refractivity contribution in [2.45, 2.75) is 26.3 Å². The van der Waals surface area contributed by atoms with E-state index in [0.29, 0.717) is 31.8 Å². The molecule has 3 rings (SSSR count). The number of fused-ring (bicyclic) bond motifs is 1. The number of nitriles is 1. The highest BCUT2D eigenvalue weighted by Gasteiger charge is 2.27. The largest absolute Gasteiger partial charge is 0.465 e. The number of hydrogen-bond donors (Lipinski definition) is 0. The highest BCUT2D eigenvalue weighted by Crippen LogP contribution is 2.25. The van der Waals surface area contributed by atoms with Crippen LogP contribution in [-0.4, -0.2) is 67.5 Å². The van der Waals surface area contributed by atoms with Crippen LogP contribution in [0.5, 0.6) is 0 Å². The van der Waals surface area contributed by atoms with E-state index in [1.807, 2.05) is 0 Å². The molecule has 10 heteroatoms. The summed E-state index contributed by atoms with van der Waals surface area (Å²) in [5.41, 5.74) is -0.768. The number of benzene rings is 1. The van der Waals surface area contributed by atoms with Gasteiger partial charge >= 0.3 is 11.9 Å². The molecule has 1 aromatic carbocycles. The molecule has 0 N–H and O–H groups in total. The molecule has 2 heterocycles. The molecule has 1 aromatic heterocycles. The van der Waals surface area contributed by atoms with E-state index in [0.717, 1.165) is 19.2 Å². The third kappa shape index (κ3) is 5.38. The Bertz CT molecular complexity index is 1130. The van der Waals surface area contributed by atoms with Crippen LogP contribution in [0.1, 0.15) is 35.7 Å². The highest BCUT2D eigenvalue weighted by molar-refractivity contribution is 5.94. The van der Waals surface area contributed by atoms with E-state index in [1.54, 1.807) is 24.5 Å². The SMILES string of the molecule is CCOC(=O)c1cn(CCN2CCOCC2)c2cc(C(C#N)C(=O)OCC)c(F)cc2c1=O. The molecule has 0 bridgehead atoms. The molecule has 1 atom stereocenters. The van der Waals surface area contributed by atoms with E-state index < -0.39 is 29.1 Å². The zero-order valence-electron chi connectivity index (χ0n) is 18.6. The summed E-state index contributed by atoms with van der Waals surface area (Å²) in [5, 5.41) is 9.44. The zero-order valence-corrected chi connectivity index (χ0v) is 18.6. The quantitative estimate of drug-likeness (QED) is 0.550. The normalized spacial score (nSPS) is 15.1. The molecule has 0 aliphatic carbocycles. The van der Waals surface area contributed by atoms with Gasteiger partial charge in [-0.3, -0.25) is 14.5 Å². The van der Waals surface area contributed by atoms with Gasteiger partial charge in [-0.1, -0.05) is 0 Å². The maximum Gasteiger partial charge on any atom is 0.343 e. The number of morpholine rings is 1. The van der Waals surface area contributed by atoms with Gasteiger partial charge in [0.05, 0.1) is 38.0 Å². The summed E-state index contributed by atoms with van der Waals surface area (Å²) in [4.78, 5) is 39.7. The summed E-state index contributed by atoms with van der Waals surface area (Å²) in [6, 6.07) is 4.05. The Morgan fingerprint density at radius 3 is 2.52 bits per heavy atom. The summed E-state index contributed by atoms with van der Waals surface area (Å²) >= 11 is 0. The third-order valence-electron chi connectivity index (χ3n) is 5.42. The average molecular weight is 459 g/mol. The van der Waals surface area contributed by atoms with Gasteiger partial charge in [0.15, 0.2) is 5.92 Å². The number of esters is 2. The van der Waals surface area contributed by atoms with Crippen molar-refractivity contribution in [2.75, 3.05) is 46.1 Å². The summed E-state index contributed by atoms with van der Waals surface area (Å²) in [5.74, 6) is -4.05. The monoisotopic (exact) mass is 459 g/mol. The van der Waals surface area contributed by atoms with E-state index in [9.17, 15) is 24.0 Å². The molecule has 0 amide bonds. The predicted octanol–water partition coefficient (Wildman–Crippen LogP) is 1.82. The molecule has 176 valence electrons. The van der Waals surface area contributed by atoms with E-state index >= 15 is 0 Å². The standard InChI is InChI=1S/C23H26FN3O6/c1-3-32-22(29)17(13-25)15-12-20-16(11-19(15)24)21(28)18(23(30)33-4-2)14-27(20)6-5-26-7-9-31-10-8-26/h11-12,14,17H,3-10H2,1-2H3. The first-order chi connectivity index (χ1) is 15.9. The van der Waals surface area contributed by atoms with Gasteiger partial charge in [0.1, 0.15) is 11.4 Å². The Balaban J connectivity index is 2.13. The van der Waals surface area contributed by atoms with Crippen molar-refractivity contribution < 1.29 is 28.2 Å². The fraction of sp³-hybridized carbons (Fsp3) is 0.478. The van der Waals surface area contributed by atoms with Gasteiger partial charge in [-0.2, -0.15) is 5.26 Å². The van der Waals surface area contributed by atoms with E-state index in [-0.39, 0.29) is 29.7 Å². The van der Waals surface area contributed by atoms with Crippen LogP contribution in [-0.2, 0) is 25.5 Å². The molecule has 1 aliphatic rings. The van der Waals surface area contributed by atoms with Crippen LogP contribution in [0, 0.1) is 17.1 Å². The Morgan fingerprint density at radius 1 is 1.18 bits per heavy atom. The van der Waals surface area contributed by atoms with Gasteiger partial charge in [0, 0.05) is 43.3 Å². The van der Waals surface area contributed by atoms with Crippen molar-refractivity contribution in [3.8, 4) is 6.07 Å². The first-order valence-corrected chi connectivity index (χ1v) is 10.8. The number of nitrogens with zero attached hydrogens (tertiary/aromatic N) is 3. The molecule has 1 unspecified atom stereocenters. The maximum absolute atomic E-state index is 15.0. The van der Waals surface area contributed by atoms with Crippen LogP contribution in [0.3, 0.4) is 0 Å². The first-order valence-electron chi connectivity index (χ1n) is 10.8. The Hall–Kier alpha value is -3.29. The fourth-order valence-electron chi connectivity index (χ4n) is 3.74. The van der Waals surface area contributed by atoms with Crippen LogP contribution >= 0.6 is 0 Å². The highest BCUT2D eigenvalue weighted by atomic mass is 19.1. The van der Waals surface area contributed by atoms with Crippen molar-refractivity contribution in [2.24, 2.45) is 0 Å². The van der Waals surface area contributed by atoms with Gasteiger partial charge in [-0.15, -0.1) is 0 Å². The molecule has 2 aromatic rings. The van der Waals surface area contributed by atoms with Gasteiger partial charge < -0.3 is 18.8 Å². The number of hydrogen-bond acceptors (Lipinski definition) is 8. The van der Waals surface area contributed by atoms with Crippen LogP contribution < -0.4 is 5.43 Å². The Morgan fingerprint density at radius 2 is 1.88 bits per heavy atom. The molecule has 1 aliphatic heterocycles. The number of halogens is 1. The van der Waals surface area contributed by atoms with Crippen LogP contribution in [0.25, 0.3) is 10.9 Å².